The molecule has 0 N–H and O–H groups in total. The van der Waals surface area contributed by atoms with Gasteiger partial charge in [-0.25, -0.2) is 21.9 Å². The topological polar surface area (TPSA) is 52.0 Å². The molecule has 0 saturated heterocycles. The second-order valence-corrected chi connectivity index (χ2v) is 7.31. The van der Waals surface area contributed by atoms with E-state index in [0.29, 0.717) is 16.9 Å². The quantitative estimate of drug-likeness (QED) is 0.719. The van der Waals surface area contributed by atoms with Crippen molar-refractivity contribution in [2.45, 2.75) is 11.3 Å². The molecule has 24 heavy (non-hydrogen) atoms. The van der Waals surface area contributed by atoms with E-state index < -0.39 is 16.3 Å². The Hall–Kier alpha value is -2.54. The van der Waals surface area contributed by atoms with Gasteiger partial charge in [-0.05, 0) is 30.3 Å². The van der Waals surface area contributed by atoms with Gasteiger partial charge in [0, 0.05) is 11.8 Å². The van der Waals surface area contributed by atoms with Gasteiger partial charge >= 0.3 is 0 Å². The highest BCUT2D eigenvalue weighted by atomic mass is 32.2. The molecular weight excluding hydrogens is 334 g/mol. The molecule has 0 aliphatic rings. The van der Waals surface area contributed by atoms with Crippen LogP contribution in [0.2, 0.25) is 0 Å². The van der Waals surface area contributed by atoms with Gasteiger partial charge in [0.25, 0.3) is 6.43 Å². The lowest BCUT2D eigenvalue weighted by Crippen LogP contribution is -2.00. The third kappa shape index (κ3) is 3.21. The molecule has 1 heterocycles. The van der Waals surface area contributed by atoms with E-state index in [1.807, 2.05) is 6.07 Å². The fourth-order valence-electron chi connectivity index (χ4n) is 2.35. The van der Waals surface area contributed by atoms with Crippen LogP contribution in [0.25, 0.3) is 16.9 Å². The van der Waals surface area contributed by atoms with Crippen molar-refractivity contribution in [2.75, 3.05) is 6.26 Å². The van der Waals surface area contributed by atoms with Crippen molar-refractivity contribution >= 4 is 9.84 Å². The fourth-order valence-corrected chi connectivity index (χ4v) is 2.98. The molecule has 0 fully saturated rings. The van der Waals surface area contributed by atoms with Crippen LogP contribution in [0, 0.1) is 0 Å². The summed E-state index contributed by atoms with van der Waals surface area (Å²) in [6.45, 7) is 0. The number of nitrogens with zero attached hydrogens (tertiary/aromatic N) is 2. The molecule has 3 aromatic rings. The normalized spacial score (nSPS) is 11.8. The van der Waals surface area contributed by atoms with Gasteiger partial charge in [0.2, 0.25) is 0 Å². The van der Waals surface area contributed by atoms with Crippen molar-refractivity contribution < 1.29 is 17.2 Å². The third-order valence-electron chi connectivity index (χ3n) is 3.53. The first-order valence-corrected chi connectivity index (χ1v) is 8.99. The fraction of sp³-hybridized carbons (Fsp3) is 0.118. The van der Waals surface area contributed by atoms with Gasteiger partial charge in [-0.3, -0.25) is 0 Å². The monoisotopic (exact) mass is 348 g/mol. The number of halogens is 2. The van der Waals surface area contributed by atoms with Gasteiger partial charge in [0.15, 0.2) is 9.84 Å². The molecule has 2 aromatic carbocycles. The second kappa shape index (κ2) is 6.16. The zero-order chi connectivity index (χ0) is 17.3. The molecule has 4 nitrogen and oxygen atoms in total. The summed E-state index contributed by atoms with van der Waals surface area (Å²) in [6, 6.07) is 16.3. The second-order valence-electron chi connectivity index (χ2n) is 5.30. The van der Waals surface area contributed by atoms with Gasteiger partial charge in [0.1, 0.15) is 5.69 Å². The molecule has 0 bridgehead atoms. The average molecular weight is 348 g/mol. The lowest BCUT2D eigenvalue weighted by atomic mass is 10.1. The Balaban J connectivity index is 2.13. The van der Waals surface area contributed by atoms with E-state index >= 15 is 0 Å². The Bertz CT molecular complexity index is 950. The number of aromatic nitrogens is 2. The zero-order valence-corrected chi connectivity index (χ0v) is 13.5. The Kier molecular flexibility index (Phi) is 4.19. The van der Waals surface area contributed by atoms with Gasteiger partial charge < -0.3 is 0 Å². The van der Waals surface area contributed by atoms with Crippen molar-refractivity contribution in [3.63, 3.8) is 0 Å². The summed E-state index contributed by atoms with van der Waals surface area (Å²) in [5.41, 5.74) is 1.38. The Morgan fingerprint density at radius 1 is 1.00 bits per heavy atom. The van der Waals surface area contributed by atoms with E-state index in [-0.39, 0.29) is 10.6 Å². The Morgan fingerprint density at radius 3 is 2.17 bits per heavy atom. The van der Waals surface area contributed by atoms with E-state index in [2.05, 4.69) is 5.10 Å². The average Bonchev–Trinajstić information content (AvgIpc) is 3.00. The smallest absolute Gasteiger partial charge is 0.233 e. The number of hydrogen-bond donors (Lipinski definition) is 0. The maximum Gasteiger partial charge on any atom is 0.282 e. The van der Waals surface area contributed by atoms with E-state index in [0.717, 1.165) is 6.26 Å². The highest BCUT2D eigenvalue weighted by Crippen LogP contribution is 2.28. The highest BCUT2D eigenvalue weighted by Gasteiger charge is 2.18. The lowest BCUT2D eigenvalue weighted by Gasteiger charge is -2.08. The SMILES string of the molecule is CS(=O)(=O)c1ccc(-c2cc(C(F)F)nn2-c2ccccc2)cc1. The van der Waals surface area contributed by atoms with Gasteiger partial charge in [-0.2, -0.15) is 5.10 Å². The molecule has 0 radical (unpaired) electrons. The number of para-hydroxylation sites is 1. The van der Waals surface area contributed by atoms with Crippen molar-refractivity contribution in [3.05, 3.63) is 66.4 Å². The van der Waals surface area contributed by atoms with Gasteiger partial charge in [-0.1, -0.05) is 30.3 Å². The molecule has 0 atom stereocenters. The van der Waals surface area contributed by atoms with E-state index in [1.165, 1.54) is 22.9 Å². The van der Waals surface area contributed by atoms with Crippen LogP contribution in [-0.4, -0.2) is 24.5 Å². The first kappa shape index (κ1) is 16.3. The number of alkyl halides is 2. The van der Waals surface area contributed by atoms with Crippen molar-refractivity contribution in [1.82, 2.24) is 9.78 Å². The summed E-state index contributed by atoms with van der Waals surface area (Å²) in [4.78, 5) is 0.172. The van der Waals surface area contributed by atoms with Crippen molar-refractivity contribution in [3.8, 4) is 16.9 Å². The standard InChI is InChI=1S/C17H14F2N2O2S/c1-24(22,23)14-9-7-12(8-10-14)16-11-15(17(18)19)20-21(16)13-5-3-2-4-6-13/h2-11,17H,1H3. The van der Waals surface area contributed by atoms with Gasteiger partial charge in [0.05, 0.1) is 16.3 Å². The molecule has 0 aliphatic carbocycles. The van der Waals surface area contributed by atoms with Crippen molar-refractivity contribution in [1.29, 1.82) is 0 Å². The van der Waals surface area contributed by atoms with Crippen LogP contribution >= 0.6 is 0 Å². The molecule has 0 unspecified atom stereocenters. The maximum absolute atomic E-state index is 13.1. The summed E-state index contributed by atoms with van der Waals surface area (Å²) >= 11 is 0. The largest absolute Gasteiger partial charge is 0.282 e. The Labute approximate surface area is 138 Å². The van der Waals surface area contributed by atoms with Crippen LogP contribution in [0.3, 0.4) is 0 Å². The van der Waals surface area contributed by atoms with Crippen LogP contribution < -0.4 is 0 Å². The van der Waals surface area contributed by atoms with Gasteiger partial charge in [-0.15, -0.1) is 0 Å². The third-order valence-corrected chi connectivity index (χ3v) is 4.66. The number of sulfone groups is 1. The lowest BCUT2D eigenvalue weighted by molar-refractivity contribution is 0.145. The van der Waals surface area contributed by atoms with Crippen LogP contribution in [0.1, 0.15) is 12.1 Å². The van der Waals surface area contributed by atoms with Crippen LogP contribution in [0.15, 0.2) is 65.6 Å². The van der Waals surface area contributed by atoms with Crippen LogP contribution in [-0.2, 0) is 9.84 Å². The first-order valence-electron chi connectivity index (χ1n) is 7.10. The minimum atomic E-state index is -3.31. The van der Waals surface area contributed by atoms with Crippen molar-refractivity contribution in [2.24, 2.45) is 0 Å². The summed E-state index contributed by atoms with van der Waals surface area (Å²) in [6.07, 6.45) is -1.57. The molecule has 7 heteroatoms. The first-order chi connectivity index (χ1) is 11.4. The molecule has 0 spiro atoms. The van der Waals surface area contributed by atoms with E-state index in [9.17, 15) is 17.2 Å². The molecule has 0 aliphatic heterocycles. The number of benzene rings is 2. The maximum atomic E-state index is 13.1. The highest BCUT2D eigenvalue weighted by molar-refractivity contribution is 7.90. The molecule has 1 aromatic heterocycles. The molecule has 0 amide bonds. The van der Waals surface area contributed by atoms with Crippen LogP contribution in [0.4, 0.5) is 8.78 Å². The molecule has 124 valence electrons. The molecule has 0 saturated carbocycles. The Morgan fingerprint density at radius 2 is 1.62 bits per heavy atom. The molecular formula is C17H14F2N2O2S. The minimum absolute atomic E-state index is 0.172. The number of hydrogen-bond acceptors (Lipinski definition) is 3. The summed E-state index contributed by atoms with van der Waals surface area (Å²) < 4.78 is 50.6. The summed E-state index contributed by atoms with van der Waals surface area (Å²) in [5, 5.41) is 3.98. The summed E-state index contributed by atoms with van der Waals surface area (Å²) in [5.74, 6) is 0. The van der Waals surface area contributed by atoms with Crippen LogP contribution in [0.5, 0.6) is 0 Å². The predicted molar refractivity (Wildman–Crippen MR) is 87.1 cm³/mol. The zero-order valence-electron chi connectivity index (χ0n) is 12.7. The minimum Gasteiger partial charge on any atom is -0.233 e. The van der Waals surface area contributed by atoms with E-state index in [4.69, 9.17) is 0 Å². The summed E-state index contributed by atoms with van der Waals surface area (Å²) in [7, 11) is -3.31. The predicted octanol–water partition coefficient (Wildman–Crippen LogP) is 3.88. The molecule has 3 rings (SSSR count). The van der Waals surface area contributed by atoms with E-state index in [1.54, 1.807) is 36.4 Å². The number of rotatable bonds is 4.